The summed E-state index contributed by atoms with van der Waals surface area (Å²) in [6.07, 6.45) is 0. The minimum absolute atomic E-state index is 0.131. The molecular weight excluding hydrogens is 255 g/mol. The van der Waals surface area contributed by atoms with Gasteiger partial charge in [0.15, 0.2) is 0 Å². The highest BCUT2D eigenvalue weighted by molar-refractivity contribution is 9.10. The van der Waals surface area contributed by atoms with E-state index in [2.05, 4.69) is 20.7 Å². The molecule has 0 unspecified atom stereocenters. The lowest BCUT2D eigenvalue weighted by molar-refractivity contribution is 0.0594. The van der Waals surface area contributed by atoms with Crippen molar-refractivity contribution in [3.8, 4) is 5.75 Å². The van der Waals surface area contributed by atoms with Crippen LogP contribution in [0.25, 0.3) is 0 Å². The second kappa shape index (κ2) is 4.41. The fraction of sp³-hybridized carbons (Fsp3) is 0.222. The number of benzene rings is 1. The SMILES string of the molecule is COC(=O)c1c(F)cc(OC)cc1Br. The molecule has 14 heavy (non-hydrogen) atoms. The summed E-state index contributed by atoms with van der Waals surface area (Å²) in [7, 11) is 2.61. The lowest BCUT2D eigenvalue weighted by Gasteiger charge is -2.06. The van der Waals surface area contributed by atoms with Gasteiger partial charge in [-0.3, -0.25) is 0 Å². The smallest absolute Gasteiger partial charge is 0.342 e. The Morgan fingerprint density at radius 3 is 2.50 bits per heavy atom. The topological polar surface area (TPSA) is 35.5 Å². The van der Waals surface area contributed by atoms with Crippen molar-refractivity contribution >= 4 is 21.9 Å². The van der Waals surface area contributed by atoms with E-state index in [-0.39, 0.29) is 5.56 Å². The lowest BCUT2D eigenvalue weighted by atomic mass is 10.2. The summed E-state index contributed by atoms with van der Waals surface area (Å²) < 4.78 is 22.9. The van der Waals surface area contributed by atoms with E-state index in [1.54, 1.807) is 0 Å². The fourth-order valence-electron chi connectivity index (χ4n) is 0.965. The number of carbonyl (C=O) groups is 1. The van der Waals surface area contributed by atoms with Gasteiger partial charge in [-0.25, -0.2) is 9.18 Å². The number of ether oxygens (including phenoxy) is 2. The number of halogens is 2. The Morgan fingerprint density at radius 2 is 2.07 bits per heavy atom. The third kappa shape index (κ3) is 2.04. The van der Waals surface area contributed by atoms with Crippen molar-refractivity contribution in [2.45, 2.75) is 0 Å². The van der Waals surface area contributed by atoms with Crippen LogP contribution in [0, 0.1) is 5.82 Å². The standard InChI is InChI=1S/C9H8BrFO3/c1-13-5-3-6(10)8(7(11)4-5)9(12)14-2/h3-4H,1-2H3. The largest absolute Gasteiger partial charge is 0.497 e. The molecule has 76 valence electrons. The molecule has 0 aliphatic carbocycles. The van der Waals surface area contributed by atoms with E-state index in [0.29, 0.717) is 10.2 Å². The Labute approximate surface area is 88.9 Å². The molecule has 5 heteroatoms. The second-order valence-corrected chi connectivity index (χ2v) is 3.31. The summed E-state index contributed by atoms with van der Waals surface area (Å²) in [6, 6.07) is 2.62. The predicted octanol–water partition coefficient (Wildman–Crippen LogP) is 2.38. The van der Waals surface area contributed by atoms with Crippen molar-refractivity contribution in [3.63, 3.8) is 0 Å². The Kier molecular flexibility index (Phi) is 3.46. The van der Waals surface area contributed by atoms with E-state index < -0.39 is 11.8 Å². The second-order valence-electron chi connectivity index (χ2n) is 2.46. The van der Waals surface area contributed by atoms with Crippen LogP contribution in [0.5, 0.6) is 5.75 Å². The quantitative estimate of drug-likeness (QED) is 0.768. The average Bonchev–Trinajstić information content (AvgIpc) is 2.16. The molecule has 0 saturated carbocycles. The summed E-state index contributed by atoms with van der Waals surface area (Å²) in [4.78, 5) is 11.1. The zero-order valence-corrected chi connectivity index (χ0v) is 9.22. The molecule has 0 atom stereocenters. The lowest BCUT2D eigenvalue weighted by Crippen LogP contribution is -2.05. The molecule has 0 fully saturated rings. The summed E-state index contributed by atoms with van der Waals surface area (Å²) in [6.45, 7) is 0. The summed E-state index contributed by atoms with van der Waals surface area (Å²) >= 11 is 3.06. The van der Waals surface area contributed by atoms with Crippen LogP contribution in [0.15, 0.2) is 16.6 Å². The van der Waals surface area contributed by atoms with Crippen LogP contribution in [-0.2, 0) is 4.74 Å². The van der Waals surface area contributed by atoms with Gasteiger partial charge in [0.2, 0.25) is 0 Å². The molecule has 0 aliphatic heterocycles. The van der Waals surface area contributed by atoms with Gasteiger partial charge in [0.1, 0.15) is 17.1 Å². The molecule has 0 heterocycles. The van der Waals surface area contributed by atoms with E-state index >= 15 is 0 Å². The Hall–Kier alpha value is -1.10. The van der Waals surface area contributed by atoms with Crippen LogP contribution in [-0.4, -0.2) is 20.2 Å². The highest BCUT2D eigenvalue weighted by Gasteiger charge is 2.17. The molecule has 3 nitrogen and oxygen atoms in total. The molecule has 0 saturated heterocycles. The highest BCUT2D eigenvalue weighted by Crippen LogP contribution is 2.26. The third-order valence-electron chi connectivity index (χ3n) is 1.64. The van der Waals surface area contributed by atoms with Gasteiger partial charge in [-0.05, 0) is 22.0 Å². The first-order valence-electron chi connectivity index (χ1n) is 3.71. The van der Waals surface area contributed by atoms with E-state index in [0.717, 1.165) is 6.07 Å². The fourth-order valence-corrected chi connectivity index (χ4v) is 1.54. The number of hydrogen-bond acceptors (Lipinski definition) is 3. The molecule has 0 N–H and O–H groups in total. The summed E-state index contributed by atoms with van der Waals surface area (Å²) in [5, 5.41) is 0. The van der Waals surface area contributed by atoms with Crippen molar-refractivity contribution in [1.29, 1.82) is 0 Å². The van der Waals surface area contributed by atoms with Crippen LogP contribution in [0.2, 0.25) is 0 Å². The van der Waals surface area contributed by atoms with Gasteiger partial charge in [-0.15, -0.1) is 0 Å². The van der Waals surface area contributed by atoms with Gasteiger partial charge in [-0.1, -0.05) is 0 Å². The molecule has 0 radical (unpaired) electrons. The van der Waals surface area contributed by atoms with Gasteiger partial charge < -0.3 is 9.47 Å². The van der Waals surface area contributed by atoms with Crippen LogP contribution < -0.4 is 4.74 Å². The van der Waals surface area contributed by atoms with Gasteiger partial charge in [0, 0.05) is 10.5 Å². The van der Waals surface area contributed by atoms with Gasteiger partial charge in [0.25, 0.3) is 0 Å². The minimum atomic E-state index is -0.725. The van der Waals surface area contributed by atoms with E-state index in [4.69, 9.17) is 4.74 Å². The Morgan fingerprint density at radius 1 is 1.43 bits per heavy atom. The molecule has 1 aromatic rings. The molecule has 0 amide bonds. The summed E-state index contributed by atoms with van der Waals surface area (Å²) in [5.41, 5.74) is -0.131. The third-order valence-corrected chi connectivity index (χ3v) is 2.27. The molecule has 0 aliphatic rings. The van der Waals surface area contributed by atoms with Crippen molar-refractivity contribution in [2.75, 3.05) is 14.2 Å². The molecular formula is C9H8BrFO3. The summed E-state index contributed by atoms with van der Waals surface area (Å²) in [5.74, 6) is -1.07. The van der Waals surface area contributed by atoms with Crippen LogP contribution >= 0.6 is 15.9 Å². The van der Waals surface area contributed by atoms with Gasteiger partial charge in [-0.2, -0.15) is 0 Å². The number of hydrogen-bond donors (Lipinski definition) is 0. The van der Waals surface area contributed by atoms with Crippen molar-refractivity contribution in [1.82, 2.24) is 0 Å². The first kappa shape index (κ1) is 11.0. The highest BCUT2D eigenvalue weighted by atomic mass is 79.9. The molecule has 1 rings (SSSR count). The first-order valence-corrected chi connectivity index (χ1v) is 4.50. The number of esters is 1. The maximum absolute atomic E-state index is 13.3. The average molecular weight is 263 g/mol. The normalized spacial score (nSPS) is 9.71. The first-order chi connectivity index (χ1) is 6.60. The maximum Gasteiger partial charge on any atom is 0.342 e. The van der Waals surface area contributed by atoms with Gasteiger partial charge in [0.05, 0.1) is 14.2 Å². The van der Waals surface area contributed by atoms with Crippen molar-refractivity contribution in [2.24, 2.45) is 0 Å². The van der Waals surface area contributed by atoms with E-state index in [9.17, 15) is 9.18 Å². The predicted molar refractivity (Wildman–Crippen MR) is 52.0 cm³/mol. The van der Waals surface area contributed by atoms with Gasteiger partial charge >= 0.3 is 5.97 Å². The molecule has 1 aromatic carbocycles. The number of rotatable bonds is 2. The van der Waals surface area contributed by atoms with E-state index in [1.807, 2.05) is 0 Å². The maximum atomic E-state index is 13.3. The zero-order chi connectivity index (χ0) is 10.7. The molecule has 0 bridgehead atoms. The van der Waals surface area contributed by atoms with Crippen LogP contribution in [0.3, 0.4) is 0 Å². The number of methoxy groups -OCH3 is 2. The zero-order valence-electron chi connectivity index (χ0n) is 7.64. The Balaban J connectivity index is 3.25. The van der Waals surface area contributed by atoms with E-state index in [1.165, 1.54) is 20.3 Å². The van der Waals surface area contributed by atoms with Crippen LogP contribution in [0.4, 0.5) is 4.39 Å². The van der Waals surface area contributed by atoms with Crippen LogP contribution in [0.1, 0.15) is 10.4 Å². The Bertz CT molecular complexity index is 342. The molecule has 0 aromatic heterocycles. The monoisotopic (exact) mass is 262 g/mol. The number of carbonyl (C=O) groups excluding carboxylic acids is 1. The van der Waals surface area contributed by atoms with Crippen molar-refractivity contribution < 1.29 is 18.7 Å². The molecule has 0 spiro atoms. The van der Waals surface area contributed by atoms with Crippen molar-refractivity contribution in [3.05, 3.63) is 28.0 Å². The minimum Gasteiger partial charge on any atom is -0.497 e.